The molecule has 0 spiro atoms. The van der Waals surface area contributed by atoms with E-state index in [2.05, 4.69) is 0 Å². The molecule has 2 N–H and O–H groups in total. The molecule has 1 aromatic carbocycles. The van der Waals surface area contributed by atoms with Crippen molar-refractivity contribution < 1.29 is 8.42 Å². The zero-order chi connectivity index (χ0) is 14.8. The van der Waals surface area contributed by atoms with Crippen LogP contribution in [-0.4, -0.2) is 25.8 Å². The Labute approximate surface area is 126 Å². The van der Waals surface area contributed by atoms with Gasteiger partial charge in [0.15, 0.2) is 0 Å². The van der Waals surface area contributed by atoms with E-state index in [-0.39, 0.29) is 16.0 Å². The second-order valence-electron chi connectivity index (χ2n) is 5.36. The number of nitrogens with two attached hydrogens (primary N) is 1. The summed E-state index contributed by atoms with van der Waals surface area (Å²) in [4.78, 5) is 0.103. The number of anilines is 1. The maximum Gasteiger partial charge on any atom is 0.244 e. The van der Waals surface area contributed by atoms with Gasteiger partial charge >= 0.3 is 0 Å². The summed E-state index contributed by atoms with van der Waals surface area (Å²) in [6.07, 6.45) is 6.35. The molecule has 0 aromatic heterocycles. The molecule has 0 unspecified atom stereocenters. The molecule has 0 heterocycles. The lowest BCUT2D eigenvalue weighted by atomic mass is 10.1. The number of sulfonamides is 1. The monoisotopic (exact) mass is 316 g/mol. The number of nitrogens with zero attached hydrogens (tertiary/aromatic N) is 1. The van der Waals surface area contributed by atoms with E-state index < -0.39 is 10.0 Å². The van der Waals surface area contributed by atoms with Crippen LogP contribution in [0, 0.1) is 0 Å². The van der Waals surface area contributed by atoms with E-state index in [4.69, 9.17) is 17.3 Å². The Balaban J connectivity index is 2.31. The average Bonchev–Trinajstić information content (AvgIpc) is 2.69. The maximum atomic E-state index is 12.7. The quantitative estimate of drug-likeness (QED) is 0.687. The van der Waals surface area contributed by atoms with E-state index >= 15 is 0 Å². The molecule has 1 saturated carbocycles. The standard InChI is InChI=1S/C14H21ClN2O2S/c1-17(12-6-4-2-3-5-7-12)20(18,19)14-10-11(16)8-9-13(14)15/h8-10,12H,2-7,16H2,1H3. The third kappa shape index (κ3) is 3.27. The van der Waals surface area contributed by atoms with Gasteiger partial charge in [0.05, 0.1) is 5.02 Å². The molecule has 0 bridgehead atoms. The minimum Gasteiger partial charge on any atom is -0.399 e. The summed E-state index contributed by atoms with van der Waals surface area (Å²) in [6.45, 7) is 0. The van der Waals surface area contributed by atoms with E-state index in [1.807, 2.05) is 0 Å². The van der Waals surface area contributed by atoms with E-state index in [0.29, 0.717) is 5.69 Å². The lowest BCUT2D eigenvalue weighted by molar-refractivity contribution is 0.336. The first kappa shape index (κ1) is 15.6. The maximum absolute atomic E-state index is 12.7. The fourth-order valence-corrected chi connectivity index (χ4v) is 4.61. The van der Waals surface area contributed by atoms with Gasteiger partial charge in [-0.3, -0.25) is 0 Å². The zero-order valence-electron chi connectivity index (χ0n) is 11.7. The van der Waals surface area contributed by atoms with Crippen LogP contribution in [0.25, 0.3) is 0 Å². The van der Waals surface area contributed by atoms with Crippen LogP contribution in [0.5, 0.6) is 0 Å². The molecule has 1 aliphatic carbocycles. The number of hydrogen-bond acceptors (Lipinski definition) is 3. The van der Waals surface area contributed by atoms with Crippen molar-refractivity contribution in [2.45, 2.75) is 49.5 Å². The van der Waals surface area contributed by atoms with Crippen molar-refractivity contribution in [1.82, 2.24) is 4.31 Å². The fourth-order valence-electron chi connectivity index (χ4n) is 2.69. The molecule has 0 radical (unpaired) electrons. The van der Waals surface area contributed by atoms with Crippen LogP contribution in [0.2, 0.25) is 5.02 Å². The van der Waals surface area contributed by atoms with Gasteiger partial charge in [0.25, 0.3) is 0 Å². The van der Waals surface area contributed by atoms with Crippen LogP contribution in [-0.2, 0) is 10.0 Å². The molecule has 2 rings (SSSR count). The fraction of sp³-hybridized carbons (Fsp3) is 0.571. The van der Waals surface area contributed by atoms with Crippen LogP contribution in [0.15, 0.2) is 23.1 Å². The predicted molar refractivity (Wildman–Crippen MR) is 82.3 cm³/mol. The highest BCUT2D eigenvalue weighted by Gasteiger charge is 2.30. The lowest BCUT2D eigenvalue weighted by Crippen LogP contribution is -2.36. The Kier molecular flexibility index (Phi) is 4.94. The Bertz CT molecular complexity index is 567. The van der Waals surface area contributed by atoms with Crippen molar-refractivity contribution in [3.63, 3.8) is 0 Å². The first-order chi connectivity index (χ1) is 9.43. The SMILES string of the molecule is CN(C1CCCCCC1)S(=O)(=O)c1cc(N)ccc1Cl. The van der Waals surface area contributed by atoms with Crippen LogP contribution >= 0.6 is 11.6 Å². The van der Waals surface area contributed by atoms with Gasteiger partial charge < -0.3 is 5.73 Å². The first-order valence-corrected chi connectivity index (χ1v) is 8.78. The number of nitrogen functional groups attached to an aromatic ring is 1. The van der Waals surface area contributed by atoms with Crippen molar-refractivity contribution in [2.75, 3.05) is 12.8 Å². The first-order valence-electron chi connectivity index (χ1n) is 6.96. The summed E-state index contributed by atoms with van der Waals surface area (Å²) < 4.78 is 26.9. The molecule has 1 aliphatic rings. The van der Waals surface area contributed by atoms with Gasteiger partial charge in [-0.2, -0.15) is 4.31 Å². The minimum absolute atomic E-state index is 0.0556. The van der Waals surface area contributed by atoms with Crippen LogP contribution in [0.1, 0.15) is 38.5 Å². The Hall–Kier alpha value is -0.780. The Morgan fingerprint density at radius 1 is 1.20 bits per heavy atom. The molecular formula is C14H21ClN2O2S. The summed E-state index contributed by atoms with van der Waals surface area (Å²) in [5.74, 6) is 0. The molecule has 112 valence electrons. The topological polar surface area (TPSA) is 63.4 Å². The highest BCUT2D eigenvalue weighted by molar-refractivity contribution is 7.89. The molecule has 0 saturated heterocycles. The second kappa shape index (κ2) is 6.33. The van der Waals surface area contributed by atoms with Gasteiger partial charge in [-0.1, -0.05) is 37.3 Å². The van der Waals surface area contributed by atoms with Gasteiger partial charge in [-0.05, 0) is 31.0 Å². The molecular weight excluding hydrogens is 296 g/mol. The average molecular weight is 317 g/mol. The number of benzene rings is 1. The molecule has 0 aliphatic heterocycles. The van der Waals surface area contributed by atoms with E-state index in [0.717, 1.165) is 25.7 Å². The largest absolute Gasteiger partial charge is 0.399 e. The van der Waals surface area contributed by atoms with E-state index in [1.165, 1.54) is 29.3 Å². The Morgan fingerprint density at radius 3 is 2.40 bits per heavy atom. The smallest absolute Gasteiger partial charge is 0.244 e. The van der Waals surface area contributed by atoms with Crippen molar-refractivity contribution in [2.24, 2.45) is 0 Å². The summed E-state index contributed by atoms with van der Waals surface area (Å²) >= 11 is 6.03. The summed E-state index contributed by atoms with van der Waals surface area (Å²) in [5, 5.41) is 0.222. The summed E-state index contributed by atoms with van der Waals surface area (Å²) in [7, 11) is -1.94. The number of halogens is 1. The highest BCUT2D eigenvalue weighted by Crippen LogP contribution is 2.30. The van der Waals surface area contributed by atoms with Crippen molar-refractivity contribution in [3.8, 4) is 0 Å². The third-order valence-corrected chi connectivity index (χ3v) is 6.34. The Morgan fingerprint density at radius 2 is 1.80 bits per heavy atom. The summed E-state index contributed by atoms with van der Waals surface area (Å²) in [5.41, 5.74) is 6.09. The van der Waals surface area contributed by atoms with Crippen molar-refractivity contribution in [1.29, 1.82) is 0 Å². The predicted octanol–water partition coefficient (Wildman–Crippen LogP) is 3.27. The van der Waals surface area contributed by atoms with Crippen molar-refractivity contribution >= 4 is 27.3 Å². The van der Waals surface area contributed by atoms with Crippen LogP contribution in [0.3, 0.4) is 0 Å². The molecule has 20 heavy (non-hydrogen) atoms. The molecule has 1 fully saturated rings. The molecule has 0 atom stereocenters. The lowest BCUT2D eigenvalue weighted by Gasteiger charge is -2.26. The third-order valence-electron chi connectivity index (χ3n) is 3.95. The normalized spacial score (nSPS) is 18.1. The minimum atomic E-state index is -3.59. The molecule has 1 aromatic rings. The van der Waals surface area contributed by atoms with E-state index in [9.17, 15) is 8.42 Å². The highest BCUT2D eigenvalue weighted by atomic mass is 35.5. The molecule has 0 amide bonds. The van der Waals surface area contributed by atoms with Crippen molar-refractivity contribution in [3.05, 3.63) is 23.2 Å². The summed E-state index contributed by atoms with van der Waals surface area (Å²) in [6, 6.07) is 4.63. The van der Waals surface area contributed by atoms with Gasteiger partial charge in [0.2, 0.25) is 10.0 Å². The molecule has 6 heteroatoms. The van der Waals surface area contributed by atoms with Crippen LogP contribution in [0.4, 0.5) is 5.69 Å². The van der Waals surface area contributed by atoms with Gasteiger partial charge in [-0.15, -0.1) is 0 Å². The van der Waals surface area contributed by atoms with Gasteiger partial charge in [0.1, 0.15) is 4.90 Å². The number of hydrogen-bond donors (Lipinski definition) is 1. The van der Waals surface area contributed by atoms with Crippen LogP contribution < -0.4 is 5.73 Å². The molecule has 4 nitrogen and oxygen atoms in total. The van der Waals surface area contributed by atoms with Gasteiger partial charge in [0, 0.05) is 18.8 Å². The number of rotatable bonds is 3. The zero-order valence-corrected chi connectivity index (χ0v) is 13.3. The second-order valence-corrected chi connectivity index (χ2v) is 7.73. The van der Waals surface area contributed by atoms with Gasteiger partial charge in [-0.25, -0.2) is 8.42 Å². The van der Waals surface area contributed by atoms with E-state index in [1.54, 1.807) is 13.1 Å².